The average molecular weight is 490 g/mol. The zero-order valence-electron chi connectivity index (χ0n) is 20.5. The second-order valence-corrected chi connectivity index (χ2v) is 8.34. The van der Waals surface area contributed by atoms with E-state index in [9.17, 15) is 4.79 Å². The van der Waals surface area contributed by atoms with Crippen molar-refractivity contribution in [3.63, 3.8) is 0 Å². The van der Waals surface area contributed by atoms with Crippen LogP contribution in [0.25, 0.3) is 32.7 Å². The average Bonchev–Trinajstić information content (AvgIpc) is 2.93. The van der Waals surface area contributed by atoms with Gasteiger partial charge in [-0.1, -0.05) is 36.4 Å². The third kappa shape index (κ3) is 4.48. The fourth-order valence-electron chi connectivity index (χ4n) is 4.18. The molecule has 0 fully saturated rings. The standard InChI is InChI=1S/C28H23N7O2/c1-17(31-26-23(29-3)16-30-18(2)32-26)27-34-22-14-8-12-20(21-13-9-15-24(33-21)37-4)25(22)28(36)35(27)19-10-6-5-7-11-19/h5-17H,1-2,4H3,(H,30,31,32)/t17-/m0/s1. The third-order valence-corrected chi connectivity index (χ3v) is 5.90. The Morgan fingerprint density at radius 2 is 1.78 bits per heavy atom. The van der Waals surface area contributed by atoms with Crippen LogP contribution < -0.4 is 15.6 Å². The number of hydrogen-bond donors (Lipinski definition) is 1. The van der Waals surface area contributed by atoms with Gasteiger partial charge in [0.25, 0.3) is 5.56 Å². The third-order valence-electron chi connectivity index (χ3n) is 5.90. The maximum Gasteiger partial charge on any atom is 0.266 e. The van der Waals surface area contributed by atoms with Gasteiger partial charge in [-0.15, -0.1) is 0 Å². The SMILES string of the molecule is [C-]#[N+]c1cnc(C)nc1N[C@@H](C)c1nc2cccc(-c3cccc(OC)n3)c2c(=O)n1-c1ccccc1. The first-order chi connectivity index (χ1) is 18.0. The first-order valence-corrected chi connectivity index (χ1v) is 11.6. The van der Waals surface area contributed by atoms with Gasteiger partial charge in [0, 0.05) is 17.8 Å². The first kappa shape index (κ1) is 23.6. The normalized spacial score (nSPS) is 11.6. The van der Waals surface area contributed by atoms with E-state index in [4.69, 9.17) is 16.3 Å². The quantitative estimate of drug-likeness (QED) is 0.324. The van der Waals surface area contributed by atoms with Crippen molar-refractivity contribution in [3.8, 4) is 22.8 Å². The molecule has 5 aromatic rings. The molecule has 0 aliphatic carbocycles. The number of para-hydroxylation sites is 1. The molecule has 182 valence electrons. The molecule has 1 atom stereocenters. The van der Waals surface area contributed by atoms with Crippen LogP contribution in [0, 0.1) is 13.5 Å². The molecule has 2 aromatic carbocycles. The van der Waals surface area contributed by atoms with Gasteiger partial charge in [0.15, 0.2) is 0 Å². The number of nitrogens with one attached hydrogen (secondary N) is 1. The van der Waals surface area contributed by atoms with Crippen molar-refractivity contribution in [1.82, 2.24) is 24.5 Å². The van der Waals surface area contributed by atoms with E-state index in [0.717, 1.165) is 0 Å². The summed E-state index contributed by atoms with van der Waals surface area (Å²) in [4.78, 5) is 35.7. The van der Waals surface area contributed by atoms with E-state index >= 15 is 0 Å². The molecule has 0 radical (unpaired) electrons. The maximum atomic E-state index is 14.2. The van der Waals surface area contributed by atoms with Gasteiger partial charge in [0.1, 0.15) is 17.5 Å². The van der Waals surface area contributed by atoms with Crippen molar-refractivity contribution in [2.45, 2.75) is 19.9 Å². The molecule has 0 aliphatic heterocycles. The summed E-state index contributed by atoms with van der Waals surface area (Å²) in [6.45, 7) is 11.1. The van der Waals surface area contributed by atoms with Crippen molar-refractivity contribution >= 4 is 22.4 Å². The lowest BCUT2D eigenvalue weighted by Gasteiger charge is -2.21. The highest BCUT2D eigenvalue weighted by Crippen LogP contribution is 2.30. The lowest BCUT2D eigenvalue weighted by atomic mass is 10.0. The molecule has 0 spiro atoms. The van der Waals surface area contributed by atoms with Crippen molar-refractivity contribution in [1.29, 1.82) is 0 Å². The number of hydrogen-bond acceptors (Lipinski definition) is 7. The van der Waals surface area contributed by atoms with Crippen molar-refractivity contribution in [2.75, 3.05) is 12.4 Å². The molecule has 0 aliphatic rings. The lowest BCUT2D eigenvalue weighted by molar-refractivity contribution is 0.398. The number of methoxy groups -OCH3 is 1. The molecule has 0 amide bonds. The van der Waals surface area contributed by atoms with Gasteiger partial charge < -0.3 is 10.1 Å². The van der Waals surface area contributed by atoms with Gasteiger partial charge in [0.2, 0.25) is 11.6 Å². The van der Waals surface area contributed by atoms with Gasteiger partial charge in [-0.25, -0.2) is 19.8 Å². The second-order valence-electron chi connectivity index (χ2n) is 8.34. The monoisotopic (exact) mass is 489 g/mol. The van der Waals surface area contributed by atoms with E-state index in [2.05, 4.69) is 25.1 Å². The van der Waals surface area contributed by atoms with Gasteiger partial charge in [-0.05, 0) is 38.1 Å². The Kier molecular flexibility index (Phi) is 6.31. The molecule has 0 saturated heterocycles. The summed E-state index contributed by atoms with van der Waals surface area (Å²) in [5.41, 5.74) is 2.53. The van der Waals surface area contributed by atoms with E-state index in [1.165, 1.54) is 6.20 Å². The first-order valence-electron chi connectivity index (χ1n) is 11.6. The summed E-state index contributed by atoms with van der Waals surface area (Å²) in [5.74, 6) is 1.85. The number of fused-ring (bicyclic) bond motifs is 1. The molecule has 3 heterocycles. The highest BCUT2D eigenvalue weighted by Gasteiger charge is 2.21. The minimum Gasteiger partial charge on any atom is -0.481 e. The van der Waals surface area contributed by atoms with Crippen LogP contribution in [0.2, 0.25) is 0 Å². The molecule has 9 nitrogen and oxygen atoms in total. The van der Waals surface area contributed by atoms with Crippen molar-refractivity contribution in [3.05, 3.63) is 106 Å². The van der Waals surface area contributed by atoms with Crippen LogP contribution in [0.1, 0.15) is 24.6 Å². The summed E-state index contributed by atoms with van der Waals surface area (Å²) in [6, 6.07) is 19.8. The van der Waals surface area contributed by atoms with E-state index in [1.54, 1.807) is 24.7 Å². The number of ether oxygens (including phenoxy) is 1. The van der Waals surface area contributed by atoms with E-state index in [1.807, 2.05) is 67.6 Å². The Morgan fingerprint density at radius 3 is 2.54 bits per heavy atom. The molecule has 5 rings (SSSR count). The smallest absolute Gasteiger partial charge is 0.266 e. The predicted octanol–water partition coefficient (Wildman–Crippen LogP) is 5.28. The summed E-state index contributed by atoms with van der Waals surface area (Å²) >= 11 is 0. The van der Waals surface area contributed by atoms with Crippen LogP contribution in [0.15, 0.2) is 77.7 Å². The number of aryl methyl sites for hydroxylation is 1. The van der Waals surface area contributed by atoms with E-state index in [-0.39, 0.29) is 5.56 Å². The van der Waals surface area contributed by atoms with E-state index in [0.29, 0.717) is 56.9 Å². The van der Waals surface area contributed by atoms with Crippen LogP contribution >= 0.6 is 0 Å². The number of nitrogens with zero attached hydrogens (tertiary/aromatic N) is 6. The zero-order chi connectivity index (χ0) is 25.9. The summed E-state index contributed by atoms with van der Waals surface area (Å²) in [5, 5.41) is 3.71. The van der Waals surface area contributed by atoms with Gasteiger partial charge in [-0.3, -0.25) is 14.3 Å². The Balaban J connectivity index is 1.74. The molecule has 1 N–H and O–H groups in total. The van der Waals surface area contributed by atoms with Crippen LogP contribution in [-0.4, -0.2) is 31.6 Å². The molecular weight excluding hydrogens is 466 g/mol. The number of benzene rings is 2. The molecule has 3 aromatic heterocycles. The van der Waals surface area contributed by atoms with Crippen LogP contribution in [0.5, 0.6) is 5.88 Å². The topological polar surface area (TPSA) is 99.2 Å². The number of anilines is 1. The molecule has 9 heteroatoms. The highest BCUT2D eigenvalue weighted by molar-refractivity contribution is 5.93. The lowest BCUT2D eigenvalue weighted by Crippen LogP contribution is -2.27. The maximum absolute atomic E-state index is 14.2. The van der Waals surface area contributed by atoms with Gasteiger partial charge in [-0.2, -0.15) is 0 Å². The van der Waals surface area contributed by atoms with Crippen LogP contribution in [-0.2, 0) is 0 Å². The molecule has 0 saturated carbocycles. The van der Waals surface area contributed by atoms with Crippen LogP contribution in [0.4, 0.5) is 11.5 Å². The predicted molar refractivity (Wildman–Crippen MR) is 142 cm³/mol. The van der Waals surface area contributed by atoms with Crippen LogP contribution in [0.3, 0.4) is 0 Å². The Labute approximate surface area is 213 Å². The Morgan fingerprint density at radius 1 is 1.00 bits per heavy atom. The minimum absolute atomic E-state index is 0.232. The minimum atomic E-state index is -0.467. The summed E-state index contributed by atoms with van der Waals surface area (Å²) in [6.07, 6.45) is 1.48. The second kappa shape index (κ2) is 9.87. The largest absolute Gasteiger partial charge is 0.481 e. The van der Waals surface area contributed by atoms with E-state index < -0.39 is 6.04 Å². The summed E-state index contributed by atoms with van der Waals surface area (Å²) < 4.78 is 6.89. The van der Waals surface area contributed by atoms with Gasteiger partial charge in [0.05, 0.1) is 42.0 Å². The Bertz CT molecular complexity index is 1710. The fourth-order valence-corrected chi connectivity index (χ4v) is 4.18. The number of rotatable bonds is 6. The molecule has 0 bridgehead atoms. The van der Waals surface area contributed by atoms with Crippen molar-refractivity contribution in [2.24, 2.45) is 0 Å². The van der Waals surface area contributed by atoms with Crippen molar-refractivity contribution < 1.29 is 4.74 Å². The molecule has 0 unspecified atom stereocenters. The number of pyridine rings is 1. The molecule has 37 heavy (non-hydrogen) atoms. The van der Waals surface area contributed by atoms with Gasteiger partial charge >= 0.3 is 0 Å². The fraction of sp³-hybridized carbons (Fsp3) is 0.143. The zero-order valence-corrected chi connectivity index (χ0v) is 20.5. The molecular formula is C28H23N7O2. The Hall–Kier alpha value is -5.10. The summed E-state index contributed by atoms with van der Waals surface area (Å²) in [7, 11) is 1.55. The number of aromatic nitrogens is 5. The highest BCUT2D eigenvalue weighted by atomic mass is 16.5.